The highest BCUT2D eigenvalue weighted by molar-refractivity contribution is 5.46. The zero-order valence-electron chi connectivity index (χ0n) is 10.1. The molecule has 0 N–H and O–H groups in total. The van der Waals surface area contributed by atoms with E-state index >= 15 is 0 Å². The van der Waals surface area contributed by atoms with E-state index in [2.05, 4.69) is 30.3 Å². The van der Waals surface area contributed by atoms with Gasteiger partial charge in [-0.2, -0.15) is 0 Å². The van der Waals surface area contributed by atoms with Crippen LogP contribution in [0.3, 0.4) is 0 Å². The molecule has 1 rings (SSSR count). The second kappa shape index (κ2) is 7.91. The van der Waals surface area contributed by atoms with E-state index in [-0.39, 0.29) is 0 Å². The Labute approximate surface area is 98.3 Å². The van der Waals surface area contributed by atoms with Crippen molar-refractivity contribution in [2.75, 3.05) is 13.6 Å². The number of amides is 1. The van der Waals surface area contributed by atoms with Gasteiger partial charge in [-0.1, -0.05) is 43.2 Å². The molecule has 0 spiro atoms. The van der Waals surface area contributed by atoms with Crippen molar-refractivity contribution in [3.05, 3.63) is 35.9 Å². The highest BCUT2D eigenvalue weighted by Gasteiger charge is 1.95. The zero-order valence-corrected chi connectivity index (χ0v) is 10.1. The standard InChI is InChI=1S/C14H21NO/c1-15(13-16)12-8-3-2-5-9-14-10-6-4-7-11-14/h4,6-7,10-11,13H,2-3,5,8-9,12H2,1H3. The van der Waals surface area contributed by atoms with Crippen LogP contribution >= 0.6 is 0 Å². The van der Waals surface area contributed by atoms with Crippen LogP contribution in [0.2, 0.25) is 0 Å². The van der Waals surface area contributed by atoms with Gasteiger partial charge in [0.05, 0.1) is 0 Å². The second-order valence-electron chi connectivity index (χ2n) is 4.24. The molecule has 0 heterocycles. The van der Waals surface area contributed by atoms with E-state index in [0.29, 0.717) is 0 Å². The van der Waals surface area contributed by atoms with Gasteiger partial charge in [0.2, 0.25) is 6.41 Å². The van der Waals surface area contributed by atoms with Crippen molar-refractivity contribution < 1.29 is 4.79 Å². The lowest BCUT2D eigenvalue weighted by molar-refractivity contribution is -0.117. The molecule has 0 aliphatic heterocycles. The highest BCUT2D eigenvalue weighted by atomic mass is 16.1. The largest absolute Gasteiger partial charge is 0.348 e. The highest BCUT2D eigenvalue weighted by Crippen LogP contribution is 2.07. The first kappa shape index (κ1) is 12.8. The molecule has 0 radical (unpaired) electrons. The van der Waals surface area contributed by atoms with Crippen molar-refractivity contribution in [1.29, 1.82) is 0 Å². The molecule has 0 aliphatic carbocycles. The Balaban J connectivity index is 1.98. The summed E-state index contributed by atoms with van der Waals surface area (Å²) in [7, 11) is 1.83. The fourth-order valence-corrected chi connectivity index (χ4v) is 1.74. The van der Waals surface area contributed by atoms with E-state index in [9.17, 15) is 4.79 Å². The number of carbonyl (C=O) groups is 1. The van der Waals surface area contributed by atoms with Crippen LogP contribution in [0.5, 0.6) is 0 Å². The van der Waals surface area contributed by atoms with Gasteiger partial charge in [0, 0.05) is 13.6 Å². The number of carbonyl (C=O) groups excluding carboxylic acids is 1. The predicted octanol–water partition coefficient (Wildman–Crippen LogP) is 2.88. The summed E-state index contributed by atoms with van der Waals surface area (Å²) in [5, 5.41) is 0. The SMILES string of the molecule is CN(C=O)CCCCCCc1ccccc1. The molecule has 1 aromatic carbocycles. The first-order chi connectivity index (χ1) is 7.83. The predicted molar refractivity (Wildman–Crippen MR) is 67.3 cm³/mol. The van der Waals surface area contributed by atoms with Gasteiger partial charge in [0.1, 0.15) is 0 Å². The van der Waals surface area contributed by atoms with E-state index in [0.717, 1.165) is 19.4 Å². The summed E-state index contributed by atoms with van der Waals surface area (Å²) in [4.78, 5) is 12.0. The summed E-state index contributed by atoms with van der Waals surface area (Å²) in [5.74, 6) is 0. The molecule has 0 saturated heterocycles. The first-order valence-corrected chi connectivity index (χ1v) is 6.02. The quantitative estimate of drug-likeness (QED) is 0.486. The molecular weight excluding hydrogens is 198 g/mol. The van der Waals surface area contributed by atoms with Crippen LogP contribution in [0.4, 0.5) is 0 Å². The van der Waals surface area contributed by atoms with Gasteiger partial charge in [0.25, 0.3) is 0 Å². The van der Waals surface area contributed by atoms with E-state index in [4.69, 9.17) is 0 Å². The minimum absolute atomic E-state index is 0.884. The van der Waals surface area contributed by atoms with Crippen LogP contribution in [0.15, 0.2) is 30.3 Å². The van der Waals surface area contributed by atoms with Crippen molar-refractivity contribution in [1.82, 2.24) is 4.90 Å². The summed E-state index contributed by atoms with van der Waals surface area (Å²) in [6.07, 6.45) is 6.89. The Morgan fingerprint density at radius 1 is 1.06 bits per heavy atom. The first-order valence-electron chi connectivity index (χ1n) is 6.02. The third-order valence-electron chi connectivity index (χ3n) is 2.75. The lowest BCUT2D eigenvalue weighted by Crippen LogP contribution is -2.16. The molecule has 2 nitrogen and oxygen atoms in total. The molecule has 0 fully saturated rings. The lowest BCUT2D eigenvalue weighted by Gasteiger charge is -2.09. The van der Waals surface area contributed by atoms with Gasteiger partial charge in [0.15, 0.2) is 0 Å². The van der Waals surface area contributed by atoms with Crippen LogP contribution in [-0.2, 0) is 11.2 Å². The third kappa shape index (κ3) is 5.54. The summed E-state index contributed by atoms with van der Waals surface area (Å²) >= 11 is 0. The minimum atomic E-state index is 0.884. The fourth-order valence-electron chi connectivity index (χ4n) is 1.74. The van der Waals surface area contributed by atoms with Gasteiger partial charge >= 0.3 is 0 Å². The van der Waals surface area contributed by atoms with Crippen molar-refractivity contribution >= 4 is 6.41 Å². The van der Waals surface area contributed by atoms with Gasteiger partial charge < -0.3 is 4.90 Å². The van der Waals surface area contributed by atoms with Gasteiger partial charge in [-0.05, 0) is 24.8 Å². The lowest BCUT2D eigenvalue weighted by atomic mass is 10.1. The van der Waals surface area contributed by atoms with Crippen LogP contribution in [0.1, 0.15) is 31.2 Å². The molecule has 0 aliphatic rings. The Hall–Kier alpha value is -1.31. The Morgan fingerprint density at radius 2 is 1.75 bits per heavy atom. The van der Waals surface area contributed by atoms with Crippen LogP contribution in [-0.4, -0.2) is 24.9 Å². The smallest absolute Gasteiger partial charge is 0.209 e. The maximum Gasteiger partial charge on any atom is 0.209 e. The van der Waals surface area contributed by atoms with Crippen LogP contribution < -0.4 is 0 Å². The maximum absolute atomic E-state index is 10.3. The van der Waals surface area contributed by atoms with E-state index in [1.165, 1.54) is 31.2 Å². The Kier molecular flexibility index (Phi) is 6.31. The summed E-state index contributed by atoms with van der Waals surface area (Å²) in [6, 6.07) is 10.6. The Bertz CT molecular complexity index is 284. The number of hydrogen-bond donors (Lipinski definition) is 0. The zero-order chi connectivity index (χ0) is 11.6. The van der Waals surface area contributed by atoms with Gasteiger partial charge in [-0.15, -0.1) is 0 Å². The van der Waals surface area contributed by atoms with Crippen LogP contribution in [0, 0.1) is 0 Å². The third-order valence-corrected chi connectivity index (χ3v) is 2.75. The topological polar surface area (TPSA) is 20.3 Å². The van der Waals surface area contributed by atoms with Crippen molar-refractivity contribution in [3.8, 4) is 0 Å². The maximum atomic E-state index is 10.3. The van der Waals surface area contributed by atoms with Gasteiger partial charge in [-0.25, -0.2) is 0 Å². The van der Waals surface area contributed by atoms with Crippen molar-refractivity contribution in [3.63, 3.8) is 0 Å². The van der Waals surface area contributed by atoms with E-state index < -0.39 is 0 Å². The molecule has 0 aromatic heterocycles. The number of hydrogen-bond acceptors (Lipinski definition) is 1. The van der Waals surface area contributed by atoms with Crippen molar-refractivity contribution in [2.45, 2.75) is 32.1 Å². The number of rotatable bonds is 8. The monoisotopic (exact) mass is 219 g/mol. The molecule has 0 bridgehead atoms. The van der Waals surface area contributed by atoms with Crippen molar-refractivity contribution in [2.24, 2.45) is 0 Å². The minimum Gasteiger partial charge on any atom is -0.348 e. The van der Waals surface area contributed by atoms with Gasteiger partial charge in [-0.3, -0.25) is 4.79 Å². The molecule has 16 heavy (non-hydrogen) atoms. The summed E-state index contributed by atoms with van der Waals surface area (Å²) < 4.78 is 0. The molecule has 2 heteroatoms. The molecule has 1 amide bonds. The summed E-state index contributed by atoms with van der Waals surface area (Å²) in [5.41, 5.74) is 1.42. The number of unbranched alkanes of at least 4 members (excludes halogenated alkanes) is 3. The molecule has 0 saturated carbocycles. The van der Waals surface area contributed by atoms with Crippen LogP contribution in [0.25, 0.3) is 0 Å². The summed E-state index contributed by atoms with van der Waals surface area (Å²) in [6.45, 7) is 0.884. The number of nitrogens with zero attached hydrogens (tertiary/aromatic N) is 1. The average Bonchev–Trinajstić information content (AvgIpc) is 2.34. The molecule has 88 valence electrons. The second-order valence-corrected chi connectivity index (χ2v) is 4.24. The molecule has 1 aromatic rings. The number of benzene rings is 1. The molecule has 0 unspecified atom stereocenters. The van der Waals surface area contributed by atoms with E-state index in [1.807, 2.05) is 7.05 Å². The van der Waals surface area contributed by atoms with E-state index in [1.54, 1.807) is 4.90 Å². The normalized spacial score (nSPS) is 10.1. The average molecular weight is 219 g/mol. The number of aryl methyl sites for hydroxylation is 1. The molecular formula is C14H21NO. The Morgan fingerprint density at radius 3 is 2.44 bits per heavy atom. The molecule has 0 atom stereocenters. The fraction of sp³-hybridized carbons (Fsp3) is 0.500.